The van der Waals surface area contributed by atoms with Crippen LogP contribution < -0.4 is 0 Å². The molecule has 0 bridgehead atoms. The second-order valence-corrected chi connectivity index (χ2v) is 7.88. The van der Waals surface area contributed by atoms with Crippen molar-refractivity contribution in [3.63, 3.8) is 0 Å². The Balaban J connectivity index is 1.78. The quantitative estimate of drug-likeness (QED) is 0.373. The first-order valence-corrected chi connectivity index (χ1v) is 10.2. The number of fused-ring (bicyclic) bond motifs is 2. The molecule has 2 aromatic carbocycles. The van der Waals surface area contributed by atoms with Gasteiger partial charge in [0.25, 0.3) is 11.8 Å². The number of methoxy groups -OCH3 is 1. The molecule has 0 aliphatic carbocycles. The molecule has 1 aliphatic heterocycles. The maximum absolute atomic E-state index is 13.0. The summed E-state index contributed by atoms with van der Waals surface area (Å²) in [6, 6.07) is 13.4. The molecular weight excluding hydrogens is 392 g/mol. The molecule has 31 heavy (non-hydrogen) atoms. The molecule has 0 saturated carbocycles. The molecule has 0 radical (unpaired) electrons. The summed E-state index contributed by atoms with van der Waals surface area (Å²) in [6.45, 7) is 4.05. The molecule has 1 atom stereocenters. The number of nitrogens with zero attached hydrogens (tertiary/aromatic N) is 1. The maximum Gasteiger partial charge on any atom is 0.329 e. The lowest BCUT2D eigenvalue weighted by Crippen LogP contribution is -2.46. The minimum atomic E-state index is -1.05. The Kier molecular flexibility index (Phi) is 5.46. The summed E-state index contributed by atoms with van der Waals surface area (Å²) in [5.74, 6) is -1.56. The molecule has 6 nitrogen and oxygen atoms in total. The maximum atomic E-state index is 13.0. The summed E-state index contributed by atoms with van der Waals surface area (Å²) in [5.41, 5.74) is 4.60. The van der Waals surface area contributed by atoms with E-state index in [0.717, 1.165) is 27.1 Å². The lowest BCUT2D eigenvalue weighted by atomic mass is 9.99. The molecule has 1 aromatic heterocycles. The lowest BCUT2D eigenvalue weighted by Gasteiger charge is -2.24. The van der Waals surface area contributed by atoms with E-state index < -0.39 is 23.8 Å². The minimum absolute atomic E-state index is 0.175. The molecule has 0 fully saturated rings. The first kappa shape index (κ1) is 20.6. The number of allylic oxidation sites excluding steroid dienone is 2. The Morgan fingerprint density at radius 3 is 2.26 bits per heavy atom. The highest BCUT2D eigenvalue weighted by Crippen LogP contribution is 2.30. The smallest absolute Gasteiger partial charge is 0.329 e. The molecule has 0 unspecified atom stereocenters. The third kappa shape index (κ3) is 3.65. The standard InChI is InChI=1S/C25H24N2O4/c1-15(2)12-13-21-19(16-8-6-7-11-20(16)26-21)14-22(25(30)31-3)27-23(28)17-9-4-5-10-18(17)24(27)29/h4-12,22,26H,13-14H2,1-3H3/t22-/m0/s1. The van der Waals surface area contributed by atoms with Crippen LogP contribution in [0.5, 0.6) is 0 Å². The van der Waals surface area contributed by atoms with Crippen molar-refractivity contribution in [1.29, 1.82) is 0 Å². The van der Waals surface area contributed by atoms with Gasteiger partial charge < -0.3 is 9.72 Å². The summed E-state index contributed by atoms with van der Waals surface area (Å²) in [5, 5.41) is 0.963. The number of rotatable bonds is 6. The topological polar surface area (TPSA) is 79.5 Å². The number of aromatic amines is 1. The van der Waals surface area contributed by atoms with E-state index in [1.54, 1.807) is 24.3 Å². The van der Waals surface area contributed by atoms with Crippen molar-refractivity contribution in [2.75, 3.05) is 7.11 Å². The minimum Gasteiger partial charge on any atom is -0.467 e. The van der Waals surface area contributed by atoms with Crippen LogP contribution in [0.25, 0.3) is 10.9 Å². The van der Waals surface area contributed by atoms with Gasteiger partial charge in [0, 0.05) is 29.4 Å². The summed E-state index contributed by atoms with van der Waals surface area (Å²) < 4.78 is 5.01. The Bertz CT molecular complexity index is 1180. The van der Waals surface area contributed by atoms with Crippen molar-refractivity contribution in [2.45, 2.75) is 32.7 Å². The van der Waals surface area contributed by atoms with Crippen LogP contribution in [0.1, 0.15) is 45.8 Å². The fraction of sp³-hybridized carbons (Fsp3) is 0.240. The van der Waals surface area contributed by atoms with Crippen molar-refractivity contribution in [3.8, 4) is 0 Å². The second-order valence-electron chi connectivity index (χ2n) is 7.88. The van der Waals surface area contributed by atoms with Gasteiger partial charge in [0.2, 0.25) is 0 Å². The van der Waals surface area contributed by atoms with Gasteiger partial charge in [-0.2, -0.15) is 0 Å². The Hall–Kier alpha value is -3.67. The molecule has 2 heterocycles. The number of para-hydroxylation sites is 1. The predicted molar refractivity (Wildman–Crippen MR) is 118 cm³/mol. The van der Waals surface area contributed by atoms with Gasteiger partial charge in [-0.25, -0.2) is 4.79 Å². The predicted octanol–water partition coefficient (Wildman–Crippen LogP) is 4.06. The Morgan fingerprint density at radius 2 is 1.65 bits per heavy atom. The zero-order valence-electron chi connectivity index (χ0n) is 17.8. The summed E-state index contributed by atoms with van der Waals surface area (Å²) >= 11 is 0. The van der Waals surface area contributed by atoms with Gasteiger partial charge in [-0.1, -0.05) is 42.0 Å². The number of H-pyrrole nitrogens is 1. The molecule has 2 amide bonds. The fourth-order valence-electron chi connectivity index (χ4n) is 4.07. The van der Waals surface area contributed by atoms with Gasteiger partial charge in [0.05, 0.1) is 18.2 Å². The van der Waals surface area contributed by atoms with Crippen molar-refractivity contribution in [1.82, 2.24) is 9.88 Å². The summed E-state index contributed by atoms with van der Waals surface area (Å²) in [7, 11) is 1.27. The van der Waals surface area contributed by atoms with Crippen LogP contribution in [0.4, 0.5) is 0 Å². The number of carbonyl (C=O) groups is 3. The first-order chi connectivity index (χ1) is 14.9. The van der Waals surface area contributed by atoms with Gasteiger partial charge in [-0.3, -0.25) is 14.5 Å². The lowest BCUT2D eigenvalue weighted by molar-refractivity contribution is -0.145. The van der Waals surface area contributed by atoms with Crippen LogP contribution in [0, 0.1) is 0 Å². The van der Waals surface area contributed by atoms with Crippen LogP contribution in [0.3, 0.4) is 0 Å². The number of benzene rings is 2. The van der Waals surface area contributed by atoms with Gasteiger partial charge >= 0.3 is 5.97 Å². The monoisotopic (exact) mass is 416 g/mol. The molecule has 1 N–H and O–H groups in total. The van der Waals surface area contributed by atoms with E-state index in [2.05, 4.69) is 11.1 Å². The first-order valence-electron chi connectivity index (χ1n) is 10.2. The zero-order valence-corrected chi connectivity index (χ0v) is 17.8. The Labute approximate surface area is 180 Å². The largest absolute Gasteiger partial charge is 0.467 e. The second kappa shape index (κ2) is 8.22. The highest BCUT2D eigenvalue weighted by molar-refractivity contribution is 6.22. The van der Waals surface area contributed by atoms with E-state index in [1.807, 2.05) is 38.1 Å². The number of imide groups is 1. The van der Waals surface area contributed by atoms with Gasteiger partial charge in [0.1, 0.15) is 6.04 Å². The highest BCUT2D eigenvalue weighted by Gasteiger charge is 2.43. The van der Waals surface area contributed by atoms with E-state index >= 15 is 0 Å². The molecular formula is C25H24N2O4. The SMILES string of the molecule is COC(=O)[C@H](Cc1c(CC=C(C)C)[nH]c2ccccc12)N1C(=O)c2ccccc2C1=O. The van der Waals surface area contributed by atoms with Crippen molar-refractivity contribution < 1.29 is 19.1 Å². The van der Waals surface area contributed by atoms with Crippen molar-refractivity contribution >= 4 is 28.7 Å². The number of esters is 1. The number of hydrogen-bond donors (Lipinski definition) is 1. The van der Waals surface area contributed by atoms with Crippen LogP contribution in [-0.4, -0.2) is 40.8 Å². The van der Waals surface area contributed by atoms with E-state index in [9.17, 15) is 14.4 Å². The summed E-state index contributed by atoms with van der Waals surface area (Å²) in [6.07, 6.45) is 2.93. The number of nitrogens with one attached hydrogen (secondary N) is 1. The molecule has 4 rings (SSSR count). The van der Waals surface area contributed by atoms with Crippen LogP contribution >= 0.6 is 0 Å². The van der Waals surface area contributed by atoms with Crippen LogP contribution in [0.2, 0.25) is 0 Å². The van der Waals surface area contributed by atoms with Gasteiger partial charge in [-0.15, -0.1) is 0 Å². The molecule has 6 heteroatoms. The number of aromatic nitrogens is 1. The van der Waals surface area contributed by atoms with Crippen molar-refractivity contribution in [3.05, 3.63) is 82.6 Å². The average molecular weight is 416 g/mol. The van der Waals surface area contributed by atoms with Gasteiger partial charge in [0.15, 0.2) is 0 Å². The van der Waals surface area contributed by atoms with E-state index in [0.29, 0.717) is 17.5 Å². The van der Waals surface area contributed by atoms with Crippen LogP contribution in [-0.2, 0) is 22.4 Å². The molecule has 0 saturated heterocycles. The number of ether oxygens (including phenoxy) is 1. The van der Waals surface area contributed by atoms with E-state index in [4.69, 9.17) is 4.74 Å². The van der Waals surface area contributed by atoms with E-state index in [-0.39, 0.29) is 6.42 Å². The summed E-state index contributed by atoms with van der Waals surface area (Å²) in [4.78, 5) is 43.3. The molecule has 0 spiro atoms. The molecule has 158 valence electrons. The zero-order chi connectivity index (χ0) is 22.1. The number of hydrogen-bond acceptors (Lipinski definition) is 4. The third-order valence-corrected chi connectivity index (χ3v) is 5.62. The molecule has 3 aromatic rings. The van der Waals surface area contributed by atoms with Gasteiger partial charge in [-0.05, 0) is 37.6 Å². The normalized spacial score (nSPS) is 14.0. The fourth-order valence-corrected chi connectivity index (χ4v) is 4.07. The third-order valence-electron chi connectivity index (χ3n) is 5.62. The van der Waals surface area contributed by atoms with E-state index in [1.165, 1.54) is 12.7 Å². The highest BCUT2D eigenvalue weighted by atomic mass is 16.5. The van der Waals surface area contributed by atoms with Crippen LogP contribution in [0.15, 0.2) is 60.2 Å². The number of amides is 2. The average Bonchev–Trinajstić information content (AvgIpc) is 3.25. The number of carbonyl (C=O) groups excluding carboxylic acids is 3. The Morgan fingerprint density at radius 1 is 1.03 bits per heavy atom. The molecule has 1 aliphatic rings. The van der Waals surface area contributed by atoms with Crippen molar-refractivity contribution in [2.24, 2.45) is 0 Å².